The van der Waals surface area contributed by atoms with Gasteiger partial charge in [-0.25, -0.2) is 4.79 Å². The maximum absolute atomic E-state index is 12.4. The van der Waals surface area contributed by atoms with Gasteiger partial charge in [-0.1, -0.05) is 5.16 Å². The number of aromatic nitrogens is 3. The van der Waals surface area contributed by atoms with Gasteiger partial charge in [-0.05, 0) is 38.4 Å². The number of urea groups is 1. The number of amides is 2. The van der Waals surface area contributed by atoms with Gasteiger partial charge in [0.2, 0.25) is 5.89 Å². The third-order valence-electron chi connectivity index (χ3n) is 4.48. The van der Waals surface area contributed by atoms with Crippen LogP contribution in [0, 0.1) is 6.92 Å². The van der Waals surface area contributed by atoms with Crippen molar-refractivity contribution in [3.8, 4) is 0 Å². The van der Waals surface area contributed by atoms with E-state index in [0.29, 0.717) is 24.3 Å². The molecule has 1 aliphatic rings. The van der Waals surface area contributed by atoms with Crippen LogP contribution in [0.25, 0.3) is 0 Å². The highest BCUT2D eigenvalue weighted by atomic mass is 16.5. The van der Waals surface area contributed by atoms with Crippen molar-refractivity contribution in [2.24, 2.45) is 0 Å². The smallest absolute Gasteiger partial charge is 0.321 e. The summed E-state index contributed by atoms with van der Waals surface area (Å²) < 4.78 is 5.03. The van der Waals surface area contributed by atoms with Gasteiger partial charge in [-0.3, -0.25) is 9.88 Å². The van der Waals surface area contributed by atoms with Crippen LogP contribution >= 0.6 is 0 Å². The molecule has 0 saturated carbocycles. The topological polar surface area (TPSA) is 87.4 Å². The summed E-state index contributed by atoms with van der Waals surface area (Å²) in [7, 11) is 2.07. The molecule has 0 bridgehead atoms. The van der Waals surface area contributed by atoms with E-state index in [4.69, 9.17) is 4.52 Å². The molecule has 0 aromatic carbocycles. The molecule has 25 heavy (non-hydrogen) atoms. The quantitative estimate of drug-likeness (QED) is 0.916. The van der Waals surface area contributed by atoms with Gasteiger partial charge in [0.1, 0.15) is 0 Å². The van der Waals surface area contributed by atoms with E-state index >= 15 is 0 Å². The van der Waals surface area contributed by atoms with E-state index in [2.05, 4.69) is 32.4 Å². The van der Waals surface area contributed by atoms with Crippen molar-refractivity contribution in [1.82, 2.24) is 24.9 Å². The van der Waals surface area contributed by atoms with Crippen molar-refractivity contribution in [2.45, 2.75) is 38.8 Å². The van der Waals surface area contributed by atoms with Crippen LogP contribution in [0.1, 0.15) is 31.0 Å². The molecule has 2 aromatic rings. The van der Waals surface area contributed by atoms with Gasteiger partial charge in [0.05, 0.1) is 18.4 Å². The molecule has 1 unspecified atom stereocenters. The Kier molecular flexibility index (Phi) is 5.60. The molecule has 1 saturated heterocycles. The maximum Gasteiger partial charge on any atom is 0.321 e. The highest BCUT2D eigenvalue weighted by Gasteiger charge is 2.24. The Morgan fingerprint density at radius 2 is 2.32 bits per heavy atom. The molecule has 2 aromatic heterocycles. The highest BCUT2D eigenvalue weighted by Crippen LogP contribution is 2.18. The van der Waals surface area contributed by atoms with E-state index < -0.39 is 0 Å². The van der Waals surface area contributed by atoms with Gasteiger partial charge in [0.15, 0.2) is 5.82 Å². The van der Waals surface area contributed by atoms with Crippen molar-refractivity contribution in [3.05, 3.63) is 36.2 Å². The lowest BCUT2D eigenvalue weighted by Gasteiger charge is -2.26. The van der Waals surface area contributed by atoms with Crippen LogP contribution in [0.3, 0.4) is 0 Å². The number of rotatable bonds is 4. The molecule has 1 aliphatic heterocycles. The fraction of sp³-hybridized carbons (Fsp3) is 0.529. The molecule has 2 amide bonds. The van der Waals surface area contributed by atoms with Crippen LogP contribution in [0.2, 0.25) is 0 Å². The van der Waals surface area contributed by atoms with Crippen molar-refractivity contribution < 1.29 is 9.32 Å². The first-order valence-electron chi connectivity index (χ1n) is 8.57. The lowest BCUT2D eigenvalue weighted by atomic mass is 10.1. The number of nitrogens with one attached hydrogen (secondary N) is 1. The van der Waals surface area contributed by atoms with Gasteiger partial charge in [-0.2, -0.15) is 4.98 Å². The normalized spacial score (nSPS) is 18.2. The highest BCUT2D eigenvalue weighted by molar-refractivity contribution is 5.89. The summed E-state index contributed by atoms with van der Waals surface area (Å²) in [6.45, 7) is 3.94. The number of aryl methyl sites for hydroxylation is 1. The van der Waals surface area contributed by atoms with Crippen LogP contribution in [0.4, 0.5) is 10.5 Å². The average molecular weight is 344 g/mol. The van der Waals surface area contributed by atoms with Crippen LogP contribution in [0.5, 0.6) is 0 Å². The number of carbonyl (C=O) groups excluding carboxylic acids is 1. The van der Waals surface area contributed by atoms with Gasteiger partial charge >= 0.3 is 6.03 Å². The minimum atomic E-state index is -0.0647. The molecule has 1 fully saturated rings. The Bertz CT molecular complexity index is 689. The molecular formula is C17H24N6O2. The molecule has 3 heterocycles. The van der Waals surface area contributed by atoms with Crippen LogP contribution in [0.15, 0.2) is 29.0 Å². The SMILES string of the molecule is Cc1nc(CN(C)C2CCCN(C(=O)Nc3cccnc3)CC2)no1. The van der Waals surface area contributed by atoms with Crippen molar-refractivity contribution in [2.75, 3.05) is 25.5 Å². The average Bonchev–Trinajstić information content (AvgIpc) is 2.86. The third kappa shape index (κ3) is 4.76. The summed E-state index contributed by atoms with van der Waals surface area (Å²) in [5, 5.41) is 6.86. The lowest BCUT2D eigenvalue weighted by molar-refractivity contribution is 0.197. The summed E-state index contributed by atoms with van der Waals surface area (Å²) in [5.41, 5.74) is 0.720. The lowest BCUT2D eigenvalue weighted by Crippen LogP contribution is -2.37. The predicted molar refractivity (Wildman–Crippen MR) is 93.0 cm³/mol. The molecule has 0 aliphatic carbocycles. The predicted octanol–water partition coefficient (Wildman–Crippen LogP) is 2.29. The van der Waals surface area contributed by atoms with E-state index in [9.17, 15) is 4.79 Å². The fourth-order valence-corrected chi connectivity index (χ4v) is 3.12. The third-order valence-corrected chi connectivity index (χ3v) is 4.48. The minimum absolute atomic E-state index is 0.0647. The van der Waals surface area contributed by atoms with E-state index in [1.54, 1.807) is 19.3 Å². The first kappa shape index (κ1) is 17.3. The number of nitrogens with zero attached hydrogens (tertiary/aromatic N) is 5. The fourth-order valence-electron chi connectivity index (χ4n) is 3.12. The number of hydrogen-bond acceptors (Lipinski definition) is 6. The van der Waals surface area contributed by atoms with Crippen LogP contribution < -0.4 is 5.32 Å². The first-order valence-corrected chi connectivity index (χ1v) is 8.57. The summed E-state index contributed by atoms with van der Waals surface area (Å²) in [6, 6.07) is 3.98. The van der Waals surface area contributed by atoms with Gasteiger partial charge in [0, 0.05) is 32.3 Å². The second-order valence-corrected chi connectivity index (χ2v) is 6.39. The Morgan fingerprint density at radius 1 is 1.44 bits per heavy atom. The largest absolute Gasteiger partial charge is 0.340 e. The number of hydrogen-bond donors (Lipinski definition) is 1. The standard InChI is InChI=1S/C17H24N6O2/c1-13-19-16(21-25-13)12-22(2)15-6-4-9-23(10-7-15)17(24)20-14-5-3-8-18-11-14/h3,5,8,11,15H,4,6-7,9-10,12H2,1-2H3,(H,20,24). The first-order chi connectivity index (χ1) is 12.1. The molecule has 8 nitrogen and oxygen atoms in total. The molecular weight excluding hydrogens is 320 g/mol. The number of anilines is 1. The van der Waals surface area contributed by atoms with Crippen molar-refractivity contribution in [1.29, 1.82) is 0 Å². The Balaban J connectivity index is 1.52. The van der Waals surface area contributed by atoms with Crippen LogP contribution in [-0.4, -0.2) is 57.1 Å². The second-order valence-electron chi connectivity index (χ2n) is 6.39. The molecule has 3 rings (SSSR count). The van der Waals surface area contributed by atoms with E-state index in [0.717, 1.165) is 38.0 Å². The second kappa shape index (κ2) is 8.06. The Morgan fingerprint density at radius 3 is 3.04 bits per heavy atom. The molecule has 0 radical (unpaired) electrons. The summed E-state index contributed by atoms with van der Waals surface area (Å²) in [5.74, 6) is 1.29. The molecule has 1 atom stereocenters. The van der Waals surface area contributed by atoms with E-state index in [1.165, 1.54) is 0 Å². The van der Waals surface area contributed by atoms with E-state index in [-0.39, 0.29) is 6.03 Å². The zero-order valence-corrected chi connectivity index (χ0v) is 14.7. The number of pyridine rings is 1. The molecule has 1 N–H and O–H groups in total. The van der Waals surface area contributed by atoms with Gasteiger partial charge in [0.25, 0.3) is 0 Å². The van der Waals surface area contributed by atoms with E-state index in [1.807, 2.05) is 17.0 Å². The van der Waals surface area contributed by atoms with Crippen molar-refractivity contribution in [3.63, 3.8) is 0 Å². The summed E-state index contributed by atoms with van der Waals surface area (Å²) in [6.07, 6.45) is 6.28. The molecule has 0 spiro atoms. The number of likely N-dealkylation sites (tertiary alicyclic amines) is 1. The van der Waals surface area contributed by atoms with Crippen LogP contribution in [-0.2, 0) is 6.54 Å². The zero-order valence-electron chi connectivity index (χ0n) is 14.7. The Hall–Kier alpha value is -2.48. The minimum Gasteiger partial charge on any atom is -0.340 e. The summed E-state index contributed by atoms with van der Waals surface area (Å²) in [4.78, 5) is 24.8. The molecule has 134 valence electrons. The van der Waals surface area contributed by atoms with Crippen molar-refractivity contribution >= 4 is 11.7 Å². The monoisotopic (exact) mass is 344 g/mol. The maximum atomic E-state index is 12.4. The van der Waals surface area contributed by atoms with Gasteiger partial charge in [-0.15, -0.1) is 0 Å². The van der Waals surface area contributed by atoms with Gasteiger partial charge < -0.3 is 14.7 Å². The zero-order chi connectivity index (χ0) is 17.6. The summed E-state index contributed by atoms with van der Waals surface area (Å²) >= 11 is 0. The molecule has 8 heteroatoms. The number of carbonyl (C=O) groups is 1. The Labute approximate surface area is 147 Å².